The molecule has 0 aliphatic carbocycles. The maximum atomic E-state index is 12.6. The maximum Gasteiger partial charge on any atom is 0.243 e. The highest BCUT2D eigenvalue weighted by Crippen LogP contribution is 2.30. The van der Waals surface area contributed by atoms with E-state index in [0.29, 0.717) is 31.3 Å². The Kier molecular flexibility index (Phi) is 6.93. The zero-order valence-electron chi connectivity index (χ0n) is 11.8. The Morgan fingerprint density at radius 3 is 2.52 bits per heavy atom. The van der Waals surface area contributed by atoms with Gasteiger partial charge in [0.25, 0.3) is 0 Å². The molecule has 1 aliphatic rings. The molecule has 2 rings (SSSR count). The summed E-state index contributed by atoms with van der Waals surface area (Å²) < 4.78 is 32.6. The van der Waals surface area contributed by atoms with Crippen LogP contribution in [0.3, 0.4) is 0 Å². The normalized spacial score (nSPS) is 17.3. The first-order valence-corrected chi connectivity index (χ1v) is 8.76. The minimum atomic E-state index is -3.45. The lowest BCUT2D eigenvalue weighted by atomic mass is 9.99. The van der Waals surface area contributed by atoms with Crippen LogP contribution >= 0.6 is 28.3 Å². The number of benzene rings is 1. The first-order chi connectivity index (χ1) is 9.48. The number of ether oxygens (including phenoxy) is 1. The quantitative estimate of drug-likeness (QED) is 0.843. The van der Waals surface area contributed by atoms with E-state index in [-0.39, 0.29) is 17.3 Å². The van der Waals surface area contributed by atoms with E-state index in [2.05, 4.69) is 15.9 Å². The number of methoxy groups -OCH3 is 1. The summed E-state index contributed by atoms with van der Waals surface area (Å²) in [5.41, 5.74) is 5.63. The Balaban J connectivity index is 0.00000220. The van der Waals surface area contributed by atoms with Gasteiger partial charge in [0.05, 0.1) is 16.5 Å². The van der Waals surface area contributed by atoms with E-state index >= 15 is 0 Å². The molecule has 120 valence electrons. The van der Waals surface area contributed by atoms with E-state index in [0.717, 1.165) is 17.3 Å². The highest BCUT2D eigenvalue weighted by molar-refractivity contribution is 9.10. The summed E-state index contributed by atoms with van der Waals surface area (Å²) >= 11 is 3.32. The van der Waals surface area contributed by atoms with E-state index in [1.165, 1.54) is 11.4 Å². The van der Waals surface area contributed by atoms with Gasteiger partial charge in [-0.2, -0.15) is 4.31 Å². The minimum Gasteiger partial charge on any atom is -0.496 e. The summed E-state index contributed by atoms with van der Waals surface area (Å²) in [6.45, 7) is 1.69. The molecule has 0 aromatic heterocycles. The van der Waals surface area contributed by atoms with Crippen LogP contribution in [-0.4, -0.2) is 39.5 Å². The van der Waals surface area contributed by atoms with Crippen LogP contribution in [0.4, 0.5) is 0 Å². The number of piperidine rings is 1. The van der Waals surface area contributed by atoms with Gasteiger partial charge in [-0.15, -0.1) is 12.4 Å². The summed E-state index contributed by atoms with van der Waals surface area (Å²) in [6.07, 6.45) is 1.65. The molecular weight excluding hydrogens is 380 g/mol. The van der Waals surface area contributed by atoms with Gasteiger partial charge < -0.3 is 10.5 Å². The lowest BCUT2D eigenvalue weighted by Gasteiger charge is -2.30. The highest BCUT2D eigenvalue weighted by atomic mass is 79.9. The molecule has 21 heavy (non-hydrogen) atoms. The molecule has 5 nitrogen and oxygen atoms in total. The average molecular weight is 400 g/mol. The summed E-state index contributed by atoms with van der Waals surface area (Å²) in [4.78, 5) is 0.267. The van der Waals surface area contributed by atoms with Crippen LogP contribution in [-0.2, 0) is 10.0 Å². The van der Waals surface area contributed by atoms with E-state index < -0.39 is 10.0 Å². The van der Waals surface area contributed by atoms with Crippen LogP contribution < -0.4 is 10.5 Å². The SMILES string of the molecule is COc1cc(S(=O)(=O)N2CCC(CN)CC2)ccc1Br.Cl. The zero-order valence-corrected chi connectivity index (χ0v) is 15.0. The van der Waals surface area contributed by atoms with E-state index in [4.69, 9.17) is 10.5 Å². The number of hydrogen-bond donors (Lipinski definition) is 1. The molecule has 0 radical (unpaired) electrons. The number of rotatable bonds is 4. The number of halogens is 2. The Hall–Kier alpha value is -0.340. The Bertz CT molecular complexity index is 575. The van der Waals surface area contributed by atoms with Crippen LogP contribution in [0.15, 0.2) is 27.6 Å². The van der Waals surface area contributed by atoms with Gasteiger partial charge in [0.1, 0.15) is 5.75 Å². The molecule has 1 heterocycles. The third kappa shape index (κ3) is 4.10. The highest BCUT2D eigenvalue weighted by Gasteiger charge is 2.29. The molecule has 1 aromatic carbocycles. The molecule has 0 amide bonds. The third-order valence-electron chi connectivity index (χ3n) is 3.67. The number of sulfonamides is 1. The fourth-order valence-corrected chi connectivity index (χ4v) is 4.23. The molecule has 0 unspecified atom stereocenters. The molecule has 1 aromatic rings. The lowest BCUT2D eigenvalue weighted by molar-refractivity contribution is 0.278. The van der Waals surface area contributed by atoms with Gasteiger partial charge in [-0.1, -0.05) is 0 Å². The molecule has 1 aliphatic heterocycles. The van der Waals surface area contributed by atoms with Gasteiger partial charge >= 0.3 is 0 Å². The molecule has 0 bridgehead atoms. The predicted octanol–water partition coefficient (Wildman–Crippen LogP) is 2.24. The molecule has 1 saturated heterocycles. The van der Waals surface area contributed by atoms with Gasteiger partial charge in [-0.25, -0.2) is 8.42 Å². The monoisotopic (exact) mass is 398 g/mol. The standard InChI is InChI=1S/C13H19BrN2O3S.ClH/c1-19-13-8-11(2-3-12(13)14)20(17,18)16-6-4-10(9-15)5-7-16;/h2-3,8,10H,4-7,9,15H2,1H3;1H. The summed E-state index contributed by atoms with van der Waals surface area (Å²) in [6, 6.07) is 4.84. The van der Waals surface area contributed by atoms with Gasteiger partial charge in [0.15, 0.2) is 0 Å². The minimum absolute atomic E-state index is 0. The van der Waals surface area contributed by atoms with Crippen molar-refractivity contribution in [3.8, 4) is 5.75 Å². The lowest BCUT2D eigenvalue weighted by Crippen LogP contribution is -2.40. The Morgan fingerprint density at radius 2 is 2.00 bits per heavy atom. The fourth-order valence-electron chi connectivity index (χ4n) is 2.33. The predicted molar refractivity (Wildman–Crippen MR) is 88.5 cm³/mol. The Morgan fingerprint density at radius 1 is 1.38 bits per heavy atom. The number of hydrogen-bond acceptors (Lipinski definition) is 4. The summed E-state index contributed by atoms with van der Waals surface area (Å²) in [7, 11) is -1.93. The number of nitrogens with zero attached hydrogens (tertiary/aromatic N) is 1. The second-order valence-corrected chi connectivity index (χ2v) is 7.67. The van der Waals surface area contributed by atoms with E-state index in [1.54, 1.807) is 18.2 Å². The van der Waals surface area contributed by atoms with Crippen LogP contribution in [0.5, 0.6) is 5.75 Å². The van der Waals surface area contributed by atoms with Crippen molar-refractivity contribution in [2.75, 3.05) is 26.7 Å². The maximum absolute atomic E-state index is 12.6. The van der Waals surface area contributed by atoms with Crippen LogP contribution in [0.1, 0.15) is 12.8 Å². The topological polar surface area (TPSA) is 72.6 Å². The molecule has 0 saturated carbocycles. The van der Waals surface area contributed by atoms with Crippen LogP contribution in [0, 0.1) is 5.92 Å². The van der Waals surface area contributed by atoms with Crippen molar-refractivity contribution >= 4 is 38.4 Å². The zero-order chi connectivity index (χ0) is 14.8. The van der Waals surface area contributed by atoms with Crippen molar-refractivity contribution in [2.24, 2.45) is 11.7 Å². The van der Waals surface area contributed by atoms with Gasteiger partial charge in [-0.05, 0) is 53.4 Å². The van der Waals surface area contributed by atoms with Gasteiger partial charge in [0, 0.05) is 19.2 Å². The second kappa shape index (κ2) is 7.78. The van der Waals surface area contributed by atoms with Crippen LogP contribution in [0.25, 0.3) is 0 Å². The van der Waals surface area contributed by atoms with Crippen molar-refractivity contribution in [1.82, 2.24) is 4.31 Å². The molecule has 0 atom stereocenters. The Labute approximate surface area is 140 Å². The van der Waals surface area contributed by atoms with Crippen molar-refractivity contribution in [2.45, 2.75) is 17.7 Å². The molecule has 0 spiro atoms. The molecular formula is C13H20BrClN2O3S. The largest absolute Gasteiger partial charge is 0.496 e. The molecule has 8 heteroatoms. The van der Waals surface area contributed by atoms with Crippen molar-refractivity contribution in [3.05, 3.63) is 22.7 Å². The van der Waals surface area contributed by atoms with E-state index in [9.17, 15) is 8.42 Å². The summed E-state index contributed by atoms with van der Waals surface area (Å²) in [5, 5.41) is 0. The fraction of sp³-hybridized carbons (Fsp3) is 0.538. The van der Waals surface area contributed by atoms with Crippen molar-refractivity contribution in [3.63, 3.8) is 0 Å². The van der Waals surface area contributed by atoms with Crippen LogP contribution in [0.2, 0.25) is 0 Å². The van der Waals surface area contributed by atoms with E-state index in [1.807, 2.05) is 0 Å². The first kappa shape index (κ1) is 18.7. The molecule has 2 N–H and O–H groups in total. The van der Waals surface area contributed by atoms with Gasteiger partial charge in [0.2, 0.25) is 10.0 Å². The van der Waals surface area contributed by atoms with Crippen molar-refractivity contribution < 1.29 is 13.2 Å². The first-order valence-electron chi connectivity index (χ1n) is 6.52. The number of nitrogens with two attached hydrogens (primary N) is 1. The average Bonchev–Trinajstić information content (AvgIpc) is 2.47. The third-order valence-corrected chi connectivity index (χ3v) is 6.22. The van der Waals surface area contributed by atoms with Crippen molar-refractivity contribution in [1.29, 1.82) is 0 Å². The van der Waals surface area contributed by atoms with Gasteiger partial charge in [-0.3, -0.25) is 0 Å². The smallest absolute Gasteiger partial charge is 0.243 e. The molecule has 1 fully saturated rings. The second-order valence-electron chi connectivity index (χ2n) is 4.88. The summed E-state index contributed by atoms with van der Waals surface area (Å²) in [5.74, 6) is 0.948.